The zero-order valence-electron chi connectivity index (χ0n) is 11.6. The Kier molecular flexibility index (Phi) is 4.60. The van der Waals surface area contributed by atoms with Crippen molar-refractivity contribution in [1.82, 2.24) is 9.78 Å². The van der Waals surface area contributed by atoms with Crippen LogP contribution in [0.3, 0.4) is 0 Å². The second kappa shape index (κ2) is 6.22. The van der Waals surface area contributed by atoms with Gasteiger partial charge in [0.2, 0.25) is 0 Å². The predicted molar refractivity (Wildman–Crippen MR) is 83.8 cm³/mol. The number of anilines is 1. The molecule has 0 radical (unpaired) electrons. The number of nitrogens with two attached hydrogens (primary N) is 1. The third-order valence-electron chi connectivity index (χ3n) is 3.36. The summed E-state index contributed by atoms with van der Waals surface area (Å²) in [6.07, 6.45) is 3.19. The van der Waals surface area contributed by atoms with E-state index in [2.05, 4.69) is 34.9 Å². The highest BCUT2D eigenvalue weighted by Gasteiger charge is 2.13. The molecule has 1 aromatic heterocycles. The number of carbonyl (C=O) groups excluding carboxylic acids is 1. The number of halogens is 1. The number of nitrogen functional groups attached to an aromatic ring is 1. The van der Waals surface area contributed by atoms with Gasteiger partial charge in [-0.15, -0.1) is 0 Å². The average Bonchev–Trinajstić information content (AvgIpc) is 2.89. The average molecular weight is 336 g/mol. The van der Waals surface area contributed by atoms with Crippen LogP contribution in [0.15, 0.2) is 34.9 Å². The van der Waals surface area contributed by atoms with Crippen LogP contribution in [0.4, 0.5) is 5.69 Å². The van der Waals surface area contributed by atoms with Crippen molar-refractivity contribution < 1.29 is 4.79 Å². The SMILES string of the molecule is CCC(C)n1ccc(CC(=O)c2cc(Br)ccc2N)n1. The van der Waals surface area contributed by atoms with E-state index in [-0.39, 0.29) is 12.2 Å². The minimum Gasteiger partial charge on any atom is -0.398 e. The summed E-state index contributed by atoms with van der Waals surface area (Å²) in [5.74, 6) is -0.0156. The smallest absolute Gasteiger partial charge is 0.170 e. The van der Waals surface area contributed by atoms with Gasteiger partial charge in [0.1, 0.15) is 0 Å². The Hall–Kier alpha value is -1.62. The first-order valence-electron chi connectivity index (χ1n) is 6.63. The van der Waals surface area contributed by atoms with Crippen LogP contribution in [0.2, 0.25) is 0 Å². The number of benzene rings is 1. The highest BCUT2D eigenvalue weighted by Crippen LogP contribution is 2.20. The highest BCUT2D eigenvalue weighted by molar-refractivity contribution is 9.10. The molecule has 106 valence electrons. The summed E-state index contributed by atoms with van der Waals surface area (Å²) in [5, 5.41) is 4.44. The number of aromatic nitrogens is 2. The van der Waals surface area contributed by atoms with E-state index in [0.29, 0.717) is 17.3 Å². The van der Waals surface area contributed by atoms with E-state index in [0.717, 1.165) is 16.6 Å². The molecule has 20 heavy (non-hydrogen) atoms. The maximum atomic E-state index is 12.3. The minimum atomic E-state index is -0.0156. The van der Waals surface area contributed by atoms with E-state index in [1.54, 1.807) is 12.1 Å². The molecule has 0 aliphatic rings. The first-order chi connectivity index (χ1) is 9.51. The molecule has 0 fully saturated rings. The van der Waals surface area contributed by atoms with Gasteiger partial charge in [-0.1, -0.05) is 22.9 Å². The number of nitrogens with zero attached hydrogens (tertiary/aromatic N) is 2. The fourth-order valence-corrected chi connectivity index (χ4v) is 2.30. The third-order valence-corrected chi connectivity index (χ3v) is 3.86. The molecule has 0 bridgehead atoms. The van der Waals surface area contributed by atoms with Gasteiger partial charge in [0.05, 0.1) is 12.1 Å². The molecule has 1 aromatic carbocycles. The molecular weight excluding hydrogens is 318 g/mol. The summed E-state index contributed by atoms with van der Waals surface area (Å²) in [6.45, 7) is 4.21. The maximum Gasteiger partial charge on any atom is 0.170 e. The second-order valence-electron chi connectivity index (χ2n) is 4.88. The van der Waals surface area contributed by atoms with Crippen LogP contribution in [0, 0.1) is 0 Å². The van der Waals surface area contributed by atoms with E-state index in [1.807, 2.05) is 23.0 Å². The lowest BCUT2D eigenvalue weighted by molar-refractivity contribution is 0.0992. The number of ketones is 1. The molecule has 2 rings (SSSR count). The second-order valence-corrected chi connectivity index (χ2v) is 5.79. The molecule has 4 nitrogen and oxygen atoms in total. The molecule has 0 spiro atoms. The first-order valence-corrected chi connectivity index (χ1v) is 7.42. The monoisotopic (exact) mass is 335 g/mol. The lowest BCUT2D eigenvalue weighted by atomic mass is 10.1. The minimum absolute atomic E-state index is 0.0156. The molecule has 2 N–H and O–H groups in total. The van der Waals surface area contributed by atoms with Crippen molar-refractivity contribution in [2.75, 3.05) is 5.73 Å². The normalized spacial score (nSPS) is 12.3. The van der Waals surface area contributed by atoms with Crippen molar-refractivity contribution in [3.05, 3.63) is 46.2 Å². The molecule has 1 unspecified atom stereocenters. The zero-order valence-corrected chi connectivity index (χ0v) is 13.2. The largest absolute Gasteiger partial charge is 0.398 e. The van der Waals surface area contributed by atoms with Gasteiger partial charge in [0, 0.05) is 28.0 Å². The standard InChI is InChI=1S/C15H18BrN3O/c1-3-10(2)19-7-6-12(18-19)9-15(20)13-8-11(16)4-5-14(13)17/h4-8,10H,3,9,17H2,1-2H3. The lowest BCUT2D eigenvalue weighted by Gasteiger charge is -2.08. The highest BCUT2D eigenvalue weighted by atomic mass is 79.9. The molecular formula is C15H18BrN3O. The number of rotatable bonds is 5. The summed E-state index contributed by atoms with van der Waals surface area (Å²) >= 11 is 3.36. The van der Waals surface area contributed by atoms with Gasteiger partial charge in [0.15, 0.2) is 5.78 Å². The van der Waals surface area contributed by atoms with Crippen LogP contribution >= 0.6 is 15.9 Å². The van der Waals surface area contributed by atoms with Crippen LogP contribution in [0.1, 0.15) is 42.4 Å². The van der Waals surface area contributed by atoms with Crippen LogP contribution < -0.4 is 5.73 Å². The molecule has 1 atom stereocenters. The number of hydrogen-bond donors (Lipinski definition) is 1. The van der Waals surface area contributed by atoms with E-state index in [1.165, 1.54) is 0 Å². The number of hydrogen-bond acceptors (Lipinski definition) is 3. The van der Waals surface area contributed by atoms with Gasteiger partial charge in [-0.05, 0) is 37.6 Å². The van der Waals surface area contributed by atoms with E-state index >= 15 is 0 Å². The van der Waals surface area contributed by atoms with Crippen LogP contribution in [0.25, 0.3) is 0 Å². The molecule has 0 aliphatic carbocycles. The van der Waals surface area contributed by atoms with Crippen molar-refractivity contribution in [2.45, 2.75) is 32.7 Å². The molecule has 0 amide bonds. The summed E-state index contributed by atoms with van der Waals surface area (Å²) in [5.41, 5.74) is 7.66. The Morgan fingerprint density at radius 3 is 2.90 bits per heavy atom. The van der Waals surface area contributed by atoms with Gasteiger partial charge in [-0.2, -0.15) is 5.10 Å². The fourth-order valence-electron chi connectivity index (χ4n) is 1.93. The van der Waals surface area contributed by atoms with Crippen LogP contribution in [-0.2, 0) is 6.42 Å². The molecule has 5 heteroatoms. The van der Waals surface area contributed by atoms with Crippen molar-refractivity contribution in [1.29, 1.82) is 0 Å². The van der Waals surface area contributed by atoms with Gasteiger partial charge < -0.3 is 5.73 Å². The molecule has 0 saturated heterocycles. The van der Waals surface area contributed by atoms with Crippen molar-refractivity contribution in [3.63, 3.8) is 0 Å². The van der Waals surface area contributed by atoms with Crippen LogP contribution in [0.5, 0.6) is 0 Å². The van der Waals surface area contributed by atoms with E-state index < -0.39 is 0 Å². The van der Waals surface area contributed by atoms with Crippen molar-refractivity contribution >= 4 is 27.4 Å². The Bertz CT molecular complexity index is 621. The lowest BCUT2D eigenvalue weighted by Crippen LogP contribution is -2.09. The Morgan fingerprint density at radius 1 is 1.45 bits per heavy atom. The maximum absolute atomic E-state index is 12.3. The third kappa shape index (κ3) is 3.28. The van der Waals surface area contributed by atoms with Gasteiger partial charge in [-0.25, -0.2) is 0 Å². The molecule has 2 aromatic rings. The molecule has 1 heterocycles. The summed E-state index contributed by atoms with van der Waals surface area (Å²) in [7, 11) is 0. The molecule has 0 saturated carbocycles. The number of carbonyl (C=O) groups is 1. The Labute approximate surface area is 127 Å². The number of Topliss-reactive ketones (excluding diaryl/α,β-unsaturated/α-hetero) is 1. The van der Waals surface area contributed by atoms with Gasteiger partial charge in [-0.3, -0.25) is 9.48 Å². The summed E-state index contributed by atoms with van der Waals surface area (Å²) in [4.78, 5) is 12.3. The first kappa shape index (κ1) is 14.8. The van der Waals surface area contributed by atoms with Gasteiger partial charge >= 0.3 is 0 Å². The zero-order chi connectivity index (χ0) is 14.7. The molecule has 0 aliphatic heterocycles. The topological polar surface area (TPSA) is 60.9 Å². The van der Waals surface area contributed by atoms with Crippen molar-refractivity contribution in [3.8, 4) is 0 Å². The summed E-state index contributed by atoms with van der Waals surface area (Å²) in [6, 6.07) is 7.54. The Balaban J connectivity index is 2.15. The van der Waals surface area contributed by atoms with E-state index in [4.69, 9.17) is 5.73 Å². The quantitative estimate of drug-likeness (QED) is 0.670. The van der Waals surface area contributed by atoms with Crippen LogP contribution in [-0.4, -0.2) is 15.6 Å². The predicted octanol–water partition coefficient (Wildman–Crippen LogP) is 3.62. The van der Waals surface area contributed by atoms with Crippen molar-refractivity contribution in [2.24, 2.45) is 0 Å². The fraction of sp³-hybridized carbons (Fsp3) is 0.333. The van der Waals surface area contributed by atoms with E-state index in [9.17, 15) is 4.79 Å². The Morgan fingerprint density at radius 2 is 2.20 bits per heavy atom. The van der Waals surface area contributed by atoms with Gasteiger partial charge in [0.25, 0.3) is 0 Å². The summed E-state index contributed by atoms with van der Waals surface area (Å²) < 4.78 is 2.74.